The van der Waals surface area contributed by atoms with E-state index in [1.807, 2.05) is 121 Å². The van der Waals surface area contributed by atoms with Crippen molar-refractivity contribution in [1.29, 1.82) is 0 Å². The molecule has 0 aliphatic rings. The number of allylic oxidation sites excluding steroid dienone is 2. The van der Waals surface area contributed by atoms with Gasteiger partial charge in [0, 0.05) is 6.42 Å². The second-order valence-corrected chi connectivity index (χ2v) is 13.2. The fraction of sp³-hybridized carbons (Fsp3) is 0.311. The van der Waals surface area contributed by atoms with Gasteiger partial charge in [0.25, 0.3) is 0 Å². The van der Waals surface area contributed by atoms with Gasteiger partial charge in [-0.2, -0.15) is 0 Å². The van der Waals surface area contributed by atoms with Crippen molar-refractivity contribution in [3.8, 4) is 5.75 Å². The molecule has 0 fully saturated rings. The van der Waals surface area contributed by atoms with Crippen molar-refractivity contribution in [3.63, 3.8) is 0 Å². The Morgan fingerprint density at radius 2 is 1.34 bits per heavy atom. The highest BCUT2D eigenvalue weighted by Gasteiger charge is 2.27. The minimum absolute atomic E-state index is 0.0585. The predicted octanol–water partition coefficient (Wildman–Crippen LogP) is 7.48. The molecule has 4 rings (SSSR count). The topological polar surface area (TPSA) is 114 Å². The number of amides is 2. The van der Waals surface area contributed by atoms with Crippen molar-refractivity contribution < 1.29 is 29.0 Å². The van der Waals surface area contributed by atoms with Gasteiger partial charge in [-0.3, -0.25) is 14.4 Å². The first kappa shape index (κ1) is 40.3. The number of hydrogen-bond donors (Lipinski definition) is 3. The molecule has 0 heterocycles. The zero-order valence-corrected chi connectivity index (χ0v) is 30.4. The van der Waals surface area contributed by atoms with Gasteiger partial charge in [-0.15, -0.1) is 13.2 Å². The smallest absolute Gasteiger partial charge is 0.309 e. The monoisotopic (exact) mass is 716 g/mol. The van der Waals surface area contributed by atoms with Crippen LogP contribution in [0.25, 0.3) is 0 Å². The van der Waals surface area contributed by atoms with Gasteiger partial charge in [0.15, 0.2) is 0 Å². The van der Waals surface area contributed by atoms with E-state index in [1.165, 1.54) is 0 Å². The molecule has 0 aromatic heterocycles. The molecule has 0 aliphatic carbocycles. The number of aliphatic hydroxyl groups excluding tert-OH is 1. The number of benzene rings is 4. The molecule has 0 spiro atoms. The maximum absolute atomic E-state index is 13.7. The van der Waals surface area contributed by atoms with Crippen molar-refractivity contribution >= 4 is 17.8 Å². The van der Waals surface area contributed by atoms with Gasteiger partial charge in [0.2, 0.25) is 11.8 Å². The lowest BCUT2D eigenvalue weighted by molar-refractivity contribution is -0.150. The van der Waals surface area contributed by atoms with E-state index in [0.717, 1.165) is 40.8 Å². The normalized spacial score (nSPS) is 13.1. The molecule has 4 aromatic rings. The molecule has 4 aromatic carbocycles. The number of nitrogens with one attached hydrogen (secondary N) is 2. The van der Waals surface area contributed by atoms with E-state index in [2.05, 4.69) is 23.8 Å². The standard InChI is InChI=1S/C45H52N2O6/c1-3-5-9-23-39(28-34-17-10-6-11-18-34)45(51)53-33-42(37-21-14-8-15-22-37)47-44(50)38(16-4-2)30-43(49)46-40(31-48)29-35-24-26-41(27-25-35)52-32-36-19-12-7-13-20-36/h3-4,6-8,10-15,17-22,24-27,38-40,42,48H,1-2,5,9,16,23,28-33H2,(H,46,49)(H,47,50)/t38-,39+,40-,42+/m0/s1. The van der Waals surface area contributed by atoms with Crippen LogP contribution in [-0.2, 0) is 38.6 Å². The Kier molecular flexibility index (Phi) is 17.1. The molecule has 8 heteroatoms. The lowest BCUT2D eigenvalue weighted by atomic mass is 9.94. The highest BCUT2D eigenvalue weighted by Crippen LogP contribution is 2.22. The lowest BCUT2D eigenvalue weighted by Crippen LogP contribution is -2.42. The molecule has 0 saturated heterocycles. The molecule has 53 heavy (non-hydrogen) atoms. The molecule has 3 N–H and O–H groups in total. The number of carbonyl (C=O) groups is 3. The number of rotatable bonds is 23. The molecule has 0 radical (unpaired) electrons. The molecule has 0 aliphatic heterocycles. The largest absolute Gasteiger partial charge is 0.489 e. The van der Waals surface area contributed by atoms with Crippen molar-refractivity contribution in [1.82, 2.24) is 10.6 Å². The molecular weight excluding hydrogens is 665 g/mol. The zero-order valence-electron chi connectivity index (χ0n) is 30.4. The minimum Gasteiger partial charge on any atom is -0.489 e. The van der Waals surface area contributed by atoms with Crippen molar-refractivity contribution in [2.75, 3.05) is 13.2 Å². The number of aliphatic hydroxyl groups is 1. The Bertz CT molecular complexity index is 1700. The number of unbranched alkanes of at least 4 members (excludes halogenated alkanes) is 1. The molecule has 8 nitrogen and oxygen atoms in total. The Balaban J connectivity index is 1.34. The van der Waals surface area contributed by atoms with Crippen LogP contribution in [0.4, 0.5) is 0 Å². The quantitative estimate of drug-likeness (QED) is 0.0417. The van der Waals surface area contributed by atoms with Gasteiger partial charge in [-0.05, 0) is 72.9 Å². The number of carbonyl (C=O) groups excluding carboxylic acids is 3. The van der Waals surface area contributed by atoms with E-state index in [4.69, 9.17) is 9.47 Å². The predicted molar refractivity (Wildman–Crippen MR) is 209 cm³/mol. The molecule has 2 amide bonds. The van der Waals surface area contributed by atoms with Gasteiger partial charge in [-0.25, -0.2) is 0 Å². The van der Waals surface area contributed by atoms with E-state index in [-0.39, 0.29) is 49.8 Å². The van der Waals surface area contributed by atoms with Gasteiger partial charge < -0.3 is 25.2 Å². The highest BCUT2D eigenvalue weighted by atomic mass is 16.5. The Hall–Kier alpha value is -5.47. The molecular formula is C45H52N2O6. The third kappa shape index (κ3) is 14.2. The second-order valence-electron chi connectivity index (χ2n) is 13.2. The maximum Gasteiger partial charge on any atom is 0.309 e. The van der Waals surface area contributed by atoms with Crippen LogP contribution in [0.3, 0.4) is 0 Å². The number of esters is 1. The van der Waals surface area contributed by atoms with Crippen LogP contribution in [0, 0.1) is 11.8 Å². The minimum atomic E-state index is -0.723. The summed E-state index contributed by atoms with van der Waals surface area (Å²) in [7, 11) is 0. The Morgan fingerprint density at radius 3 is 1.96 bits per heavy atom. The van der Waals surface area contributed by atoms with Gasteiger partial charge in [-0.1, -0.05) is 115 Å². The first-order valence-electron chi connectivity index (χ1n) is 18.3. The van der Waals surface area contributed by atoms with E-state index >= 15 is 0 Å². The third-order valence-electron chi connectivity index (χ3n) is 9.02. The van der Waals surface area contributed by atoms with Gasteiger partial charge >= 0.3 is 5.97 Å². The summed E-state index contributed by atoms with van der Waals surface area (Å²) in [4.78, 5) is 40.4. The van der Waals surface area contributed by atoms with Crippen molar-refractivity contribution in [3.05, 3.63) is 163 Å². The average molecular weight is 717 g/mol. The summed E-state index contributed by atoms with van der Waals surface area (Å²) in [6.45, 7) is 7.73. The summed E-state index contributed by atoms with van der Waals surface area (Å²) in [6, 6.07) is 35.5. The van der Waals surface area contributed by atoms with E-state index in [9.17, 15) is 19.5 Å². The van der Waals surface area contributed by atoms with Crippen LogP contribution in [0.1, 0.15) is 60.4 Å². The fourth-order valence-corrected chi connectivity index (χ4v) is 6.09. The van der Waals surface area contributed by atoms with E-state index in [0.29, 0.717) is 25.9 Å². The molecule has 4 atom stereocenters. The molecule has 0 unspecified atom stereocenters. The maximum atomic E-state index is 13.7. The Labute approximate surface area is 313 Å². The van der Waals surface area contributed by atoms with Crippen LogP contribution in [0.5, 0.6) is 5.75 Å². The molecule has 0 bridgehead atoms. The zero-order chi connectivity index (χ0) is 37.7. The summed E-state index contributed by atoms with van der Waals surface area (Å²) >= 11 is 0. The summed E-state index contributed by atoms with van der Waals surface area (Å²) in [5.41, 5.74) is 3.82. The van der Waals surface area contributed by atoms with Gasteiger partial charge in [0.1, 0.15) is 19.0 Å². The summed E-state index contributed by atoms with van der Waals surface area (Å²) < 4.78 is 11.8. The first-order chi connectivity index (χ1) is 25.9. The van der Waals surface area contributed by atoms with Gasteiger partial charge in [0.05, 0.1) is 30.5 Å². The fourth-order valence-electron chi connectivity index (χ4n) is 6.09. The third-order valence-corrected chi connectivity index (χ3v) is 9.02. The van der Waals surface area contributed by atoms with E-state index in [1.54, 1.807) is 6.08 Å². The lowest BCUT2D eigenvalue weighted by Gasteiger charge is -2.24. The molecule has 278 valence electrons. The van der Waals surface area contributed by atoms with Crippen LogP contribution in [-0.4, -0.2) is 42.1 Å². The molecule has 0 saturated carbocycles. The van der Waals surface area contributed by atoms with Crippen molar-refractivity contribution in [2.45, 2.75) is 63.6 Å². The summed E-state index contributed by atoms with van der Waals surface area (Å²) in [5.74, 6) is -1.38. The van der Waals surface area contributed by atoms with E-state index < -0.39 is 18.0 Å². The van der Waals surface area contributed by atoms with Crippen LogP contribution in [0.2, 0.25) is 0 Å². The summed E-state index contributed by atoms with van der Waals surface area (Å²) in [5, 5.41) is 16.0. The number of ether oxygens (including phenoxy) is 2. The van der Waals surface area contributed by atoms with Crippen LogP contribution >= 0.6 is 0 Å². The summed E-state index contributed by atoms with van der Waals surface area (Å²) in [6.07, 6.45) is 6.84. The SMILES string of the molecule is C=CCCC[C@H](Cc1ccccc1)C(=O)OC[C@@H](NC(=O)[C@@H](CC=C)CC(=O)N[C@H](CO)Cc1ccc(OCc2ccccc2)cc1)c1ccccc1. The first-order valence-corrected chi connectivity index (χ1v) is 18.3. The average Bonchev–Trinajstić information content (AvgIpc) is 3.19. The number of hydrogen-bond acceptors (Lipinski definition) is 6. The Morgan fingerprint density at radius 1 is 0.717 bits per heavy atom. The van der Waals surface area contributed by atoms with Crippen molar-refractivity contribution in [2.24, 2.45) is 11.8 Å². The second kappa shape index (κ2) is 22.5. The highest BCUT2D eigenvalue weighted by molar-refractivity contribution is 5.86. The van der Waals surface area contributed by atoms with Crippen LogP contribution < -0.4 is 15.4 Å². The van der Waals surface area contributed by atoms with Crippen LogP contribution in [0.15, 0.2) is 141 Å².